The zero-order valence-electron chi connectivity index (χ0n) is 8.41. The van der Waals surface area contributed by atoms with E-state index < -0.39 is 0 Å². The molecule has 0 aromatic heterocycles. The van der Waals surface area contributed by atoms with E-state index in [1.807, 2.05) is 13.8 Å². The summed E-state index contributed by atoms with van der Waals surface area (Å²) >= 11 is 4.73. The Labute approximate surface area is 88.8 Å². The Morgan fingerprint density at radius 2 is 2.43 bits per heavy atom. The van der Waals surface area contributed by atoms with Crippen LogP contribution in [0.25, 0.3) is 0 Å². The lowest BCUT2D eigenvalue weighted by Gasteiger charge is -2.35. The van der Waals surface area contributed by atoms with E-state index in [-0.39, 0.29) is 16.9 Å². The maximum Gasteiger partial charge on any atom is 0.271 e. The highest BCUT2D eigenvalue weighted by atomic mass is 32.1. The third kappa shape index (κ3) is 3.75. The fraction of sp³-hybridized carbons (Fsp3) is 0.875. The smallest absolute Gasteiger partial charge is 0.271 e. The molecule has 5 nitrogen and oxygen atoms in total. The fourth-order valence-electron chi connectivity index (χ4n) is 1.25. The number of nitrogens with one attached hydrogen (secondary N) is 1. The molecule has 0 amide bonds. The van der Waals surface area contributed by atoms with Crippen LogP contribution in [0.3, 0.4) is 0 Å². The summed E-state index contributed by atoms with van der Waals surface area (Å²) in [6.07, 6.45) is -0.0925. The average molecular weight is 220 g/mol. The molecule has 0 saturated carbocycles. The number of rotatable bonds is 2. The molecule has 0 bridgehead atoms. The van der Waals surface area contributed by atoms with Crippen molar-refractivity contribution in [2.24, 2.45) is 5.84 Å². The lowest BCUT2D eigenvalue weighted by Crippen LogP contribution is -2.46. The van der Waals surface area contributed by atoms with Gasteiger partial charge in [0.25, 0.3) is 5.17 Å². The molecule has 1 fully saturated rings. The monoisotopic (exact) mass is 220 g/mol. The summed E-state index contributed by atoms with van der Waals surface area (Å²) in [4.78, 5) is 0. The third-order valence-corrected chi connectivity index (χ3v) is 1.99. The molecule has 1 saturated heterocycles. The second kappa shape index (κ2) is 4.88. The first-order valence-corrected chi connectivity index (χ1v) is 4.83. The SMILES string of the molecule is CC1(C)COCC(COC(=S)NN)O1. The van der Waals surface area contributed by atoms with E-state index in [2.05, 4.69) is 5.43 Å². The highest BCUT2D eigenvalue weighted by molar-refractivity contribution is 7.80. The van der Waals surface area contributed by atoms with Crippen LogP contribution in [0.1, 0.15) is 13.8 Å². The van der Waals surface area contributed by atoms with Crippen molar-refractivity contribution in [3.05, 3.63) is 0 Å². The van der Waals surface area contributed by atoms with Crippen LogP contribution in [-0.2, 0) is 14.2 Å². The molecule has 0 radical (unpaired) electrons. The van der Waals surface area contributed by atoms with Crippen LogP contribution in [0.4, 0.5) is 0 Å². The first-order valence-electron chi connectivity index (χ1n) is 4.42. The molecule has 3 N–H and O–H groups in total. The van der Waals surface area contributed by atoms with Crippen molar-refractivity contribution in [2.75, 3.05) is 19.8 Å². The Kier molecular flexibility index (Phi) is 4.06. The van der Waals surface area contributed by atoms with Crippen molar-refractivity contribution in [2.45, 2.75) is 25.6 Å². The van der Waals surface area contributed by atoms with Crippen molar-refractivity contribution in [3.8, 4) is 0 Å². The van der Waals surface area contributed by atoms with Gasteiger partial charge in [-0.3, -0.25) is 5.43 Å². The highest BCUT2D eigenvalue weighted by Gasteiger charge is 2.29. The van der Waals surface area contributed by atoms with Gasteiger partial charge >= 0.3 is 0 Å². The molecular formula is C8H16N2O3S. The number of ether oxygens (including phenoxy) is 3. The molecular weight excluding hydrogens is 204 g/mol. The molecule has 6 heteroatoms. The Balaban J connectivity index is 2.28. The highest BCUT2D eigenvalue weighted by Crippen LogP contribution is 2.18. The van der Waals surface area contributed by atoms with Crippen LogP contribution >= 0.6 is 12.2 Å². The van der Waals surface area contributed by atoms with E-state index in [9.17, 15) is 0 Å². The van der Waals surface area contributed by atoms with Gasteiger partial charge in [-0.25, -0.2) is 5.84 Å². The fourth-order valence-corrected chi connectivity index (χ4v) is 1.32. The molecule has 14 heavy (non-hydrogen) atoms. The van der Waals surface area contributed by atoms with Crippen molar-refractivity contribution in [1.82, 2.24) is 5.43 Å². The average Bonchev–Trinajstić information content (AvgIpc) is 2.12. The first kappa shape index (κ1) is 11.6. The van der Waals surface area contributed by atoms with E-state index in [4.69, 9.17) is 32.3 Å². The zero-order valence-corrected chi connectivity index (χ0v) is 9.23. The predicted octanol–water partition coefficient (Wildman–Crippen LogP) is -0.0548. The first-order chi connectivity index (χ1) is 6.53. The number of hydrogen-bond donors (Lipinski definition) is 2. The quantitative estimate of drug-likeness (QED) is 0.386. The maximum atomic E-state index is 5.69. The van der Waals surface area contributed by atoms with Crippen molar-refractivity contribution < 1.29 is 14.2 Å². The van der Waals surface area contributed by atoms with Gasteiger partial charge in [0.1, 0.15) is 12.7 Å². The lowest BCUT2D eigenvalue weighted by molar-refractivity contribution is -0.190. The van der Waals surface area contributed by atoms with E-state index in [0.29, 0.717) is 19.8 Å². The van der Waals surface area contributed by atoms with Gasteiger partial charge in [-0.05, 0) is 26.1 Å². The molecule has 1 atom stereocenters. The van der Waals surface area contributed by atoms with Crippen molar-refractivity contribution >= 4 is 17.4 Å². The van der Waals surface area contributed by atoms with Gasteiger partial charge in [0, 0.05) is 0 Å². The van der Waals surface area contributed by atoms with Crippen LogP contribution in [0.5, 0.6) is 0 Å². The molecule has 0 spiro atoms. The standard InChI is InChI=1S/C8H16N2O3S/c1-8(2)5-11-3-6(13-8)4-12-7(14)10-9/h6H,3-5,9H2,1-2H3,(H,10,14). The zero-order chi connectivity index (χ0) is 10.6. The topological polar surface area (TPSA) is 65.7 Å². The Hall–Kier alpha value is -0.430. The molecule has 82 valence electrons. The normalized spacial score (nSPS) is 25.5. The molecule has 1 aliphatic rings. The summed E-state index contributed by atoms with van der Waals surface area (Å²) in [7, 11) is 0. The third-order valence-electron chi connectivity index (χ3n) is 1.76. The predicted molar refractivity (Wildman–Crippen MR) is 55.6 cm³/mol. The molecule has 1 heterocycles. The summed E-state index contributed by atoms with van der Waals surface area (Å²) in [6.45, 7) is 5.42. The molecule has 0 aliphatic carbocycles. The van der Waals surface area contributed by atoms with Crippen molar-refractivity contribution in [3.63, 3.8) is 0 Å². The van der Waals surface area contributed by atoms with Crippen LogP contribution < -0.4 is 11.3 Å². The van der Waals surface area contributed by atoms with E-state index in [0.717, 1.165) is 0 Å². The minimum absolute atomic E-state index is 0.0925. The van der Waals surface area contributed by atoms with Gasteiger partial charge in [-0.15, -0.1) is 0 Å². The molecule has 1 unspecified atom stereocenters. The van der Waals surface area contributed by atoms with Gasteiger partial charge < -0.3 is 14.2 Å². The summed E-state index contributed by atoms with van der Waals surface area (Å²) < 4.78 is 16.2. The Morgan fingerprint density at radius 1 is 1.71 bits per heavy atom. The van der Waals surface area contributed by atoms with Gasteiger partial charge in [-0.1, -0.05) is 0 Å². The Morgan fingerprint density at radius 3 is 3.00 bits per heavy atom. The second-order valence-corrected chi connectivity index (χ2v) is 4.13. The van der Waals surface area contributed by atoms with Gasteiger partial charge in [0.05, 0.1) is 18.8 Å². The van der Waals surface area contributed by atoms with E-state index >= 15 is 0 Å². The van der Waals surface area contributed by atoms with Gasteiger partial charge in [0.2, 0.25) is 0 Å². The second-order valence-electron chi connectivity index (χ2n) is 3.76. The Bertz CT molecular complexity index is 211. The van der Waals surface area contributed by atoms with Crippen LogP contribution in [0, 0.1) is 0 Å². The summed E-state index contributed by atoms with van der Waals surface area (Å²) in [5.41, 5.74) is 1.98. The minimum Gasteiger partial charge on any atom is -0.467 e. The molecule has 0 aromatic rings. The molecule has 1 rings (SSSR count). The summed E-state index contributed by atoms with van der Waals surface area (Å²) in [6, 6.07) is 0. The minimum atomic E-state index is -0.260. The van der Waals surface area contributed by atoms with Crippen LogP contribution in [0.15, 0.2) is 0 Å². The van der Waals surface area contributed by atoms with Crippen LogP contribution in [0.2, 0.25) is 0 Å². The molecule has 1 aliphatic heterocycles. The number of hydrogen-bond acceptors (Lipinski definition) is 5. The summed E-state index contributed by atoms with van der Waals surface area (Å²) in [5.74, 6) is 5.05. The maximum absolute atomic E-state index is 5.69. The summed E-state index contributed by atoms with van der Waals surface area (Å²) in [5, 5.41) is 0.164. The van der Waals surface area contributed by atoms with Gasteiger partial charge in [0.15, 0.2) is 0 Å². The van der Waals surface area contributed by atoms with Crippen LogP contribution in [-0.4, -0.2) is 36.7 Å². The van der Waals surface area contributed by atoms with Gasteiger partial charge in [-0.2, -0.15) is 0 Å². The van der Waals surface area contributed by atoms with E-state index in [1.54, 1.807) is 0 Å². The van der Waals surface area contributed by atoms with E-state index in [1.165, 1.54) is 0 Å². The van der Waals surface area contributed by atoms with Crippen molar-refractivity contribution in [1.29, 1.82) is 0 Å². The number of hydrazine groups is 1. The molecule has 0 aromatic carbocycles. The number of thiocarbonyl (C=S) groups is 1. The lowest BCUT2D eigenvalue weighted by atomic mass is 10.1. The largest absolute Gasteiger partial charge is 0.467 e. The number of nitrogens with two attached hydrogens (primary N) is 1.